The molecule has 8 nitrogen and oxygen atoms in total. The molecule has 0 aliphatic heterocycles. The van der Waals surface area contributed by atoms with Crippen LogP contribution in [0.15, 0.2) is 70.7 Å². The van der Waals surface area contributed by atoms with E-state index in [9.17, 15) is 12.8 Å². The molecular weight excluding hydrogens is 419 g/mol. The summed E-state index contributed by atoms with van der Waals surface area (Å²) in [7, 11) is -0.213. The van der Waals surface area contributed by atoms with E-state index in [2.05, 4.69) is 25.4 Å². The highest BCUT2D eigenvalue weighted by Gasteiger charge is 2.14. The maximum atomic E-state index is 13.3. The molecule has 0 radical (unpaired) electrons. The van der Waals surface area contributed by atoms with Gasteiger partial charge in [-0.25, -0.2) is 17.5 Å². The van der Waals surface area contributed by atoms with Crippen molar-refractivity contribution in [2.75, 3.05) is 7.05 Å². The van der Waals surface area contributed by atoms with Crippen molar-refractivity contribution < 1.29 is 12.8 Å². The van der Waals surface area contributed by atoms with Crippen molar-refractivity contribution in [3.8, 4) is 0 Å². The van der Waals surface area contributed by atoms with Crippen molar-refractivity contribution in [1.82, 2.24) is 25.1 Å². The second-order valence-corrected chi connectivity index (χ2v) is 8.59. The molecule has 164 valence electrons. The Morgan fingerprint density at radius 2 is 1.74 bits per heavy atom. The molecule has 1 heterocycles. The van der Waals surface area contributed by atoms with E-state index in [-0.39, 0.29) is 11.4 Å². The molecule has 10 heteroatoms. The van der Waals surface area contributed by atoms with Crippen LogP contribution in [-0.4, -0.2) is 31.2 Å². The van der Waals surface area contributed by atoms with Crippen LogP contribution >= 0.6 is 0 Å². The van der Waals surface area contributed by atoms with Gasteiger partial charge in [0.15, 0.2) is 5.96 Å². The lowest BCUT2D eigenvalue weighted by atomic mass is 10.2. The van der Waals surface area contributed by atoms with Gasteiger partial charge in [-0.05, 0) is 41.5 Å². The van der Waals surface area contributed by atoms with Crippen LogP contribution in [0, 0.1) is 5.82 Å². The Hall–Kier alpha value is -3.24. The zero-order valence-electron chi connectivity index (χ0n) is 17.3. The highest BCUT2D eigenvalue weighted by Crippen LogP contribution is 2.13. The summed E-state index contributed by atoms with van der Waals surface area (Å²) in [5.41, 5.74) is 2.32. The summed E-state index contributed by atoms with van der Waals surface area (Å²) in [6.07, 6.45) is 1.72. The average Bonchev–Trinajstić information content (AvgIpc) is 3.17. The number of benzene rings is 2. The van der Waals surface area contributed by atoms with E-state index in [1.54, 1.807) is 42.2 Å². The van der Waals surface area contributed by atoms with Crippen molar-refractivity contribution in [2.24, 2.45) is 12.0 Å². The Balaban J connectivity index is 1.59. The van der Waals surface area contributed by atoms with Crippen LogP contribution in [0.2, 0.25) is 0 Å². The van der Waals surface area contributed by atoms with Gasteiger partial charge in [0.25, 0.3) is 0 Å². The molecule has 0 fully saturated rings. The quantitative estimate of drug-likeness (QED) is 0.364. The summed E-state index contributed by atoms with van der Waals surface area (Å²) >= 11 is 0. The van der Waals surface area contributed by atoms with Crippen LogP contribution in [0.4, 0.5) is 4.39 Å². The van der Waals surface area contributed by atoms with Crippen LogP contribution < -0.4 is 15.4 Å². The smallest absolute Gasteiger partial charge is 0.240 e. The van der Waals surface area contributed by atoms with Gasteiger partial charge in [0.05, 0.1) is 17.1 Å². The molecular formula is C21H25FN6O2S. The van der Waals surface area contributed by atoms with E-state index in [0.29, 0.717) is 24.6 Å². The highest BCUT2D eigenvalue weighted by molar-refractivity contribution is 7.89. The summed E-state index contributed by atoms with van der Waals surface area (Å²) < 4.78 is 42.8. The molecule has 0 aliphatic carbocycles. The Kier molecular flexibility index (Phi) is 7.37. The molecule has 0 atom stereocenters. The molecule has 0 saturated heterocycles. The largest absolute Gasteiger partial charge is 0.352 e. The number of aryl methyl sites for hydroxylation is 1. The average molecular weight is 445 g/mol. The van der Waals surface area contributed by atoms with E-state index in [4.69, 9.17) is 0 Å². The van der Waals surface area contributed by atoms with Crippen LogP contribution in [0.3, 0.4) is 0 Å². The minimum atomic E-state index is -3.74. The van der Waals surface area contributed by atoms with Crippen LogP contribution in [0.25, 0.3) is 0 Å². The molecule has 0 aliphatic rings. The molecule has 0 saturated carbocycles. The molecule has 31 heavy (non-hydrogen) atoms. The van der Waals surface area contributed by atoms with E-state index in [1.165, 1.54) is 18.2 Å². The summed E-state index contributed by atoms with van der Waals surface area (Å²) in [5.74, 6) is 0.175. The number of guanidine groups is 1. The van der Waals surface area contributed by atoms with E-state index >= 15 is 0 Å². The summed E-state index contributed by atoms with van der Waals surface area (Å²) in [6, 6.07) is 14.3. The van der Waals surface area contributed by atoms with Gasteiger partial charge < -0.3 is 10.6 Å². The third-order valence-corrected chi connectivity index (χ3v) is 6.01. The van der Waals surface area contributed by atoms with E-state index < -0.39 is 15.8 Å². The van der Waals surface area contributed by atoms with Crippen molar-refractivity contribution in [2.45, 2.75) is 24.5 Å². The topological polar surface area (TPSA) is 100 Å². The molecule has 0 unspecified atom stereocenters. The molecule has 0 bridgehead atoms. The number of aliphatic imine (C=N–C) groups is 1. The second-order valence-electron chi connectivity index (χ2n) is 6.83. The third-order valence-electron chi connectivity index (χ3n) is 4.61. The molecule has 2 aromatic carbocycles. The number of aromatic nitrogens is 2. The standard InChI is InChI=1S/C21H25FN6O2S/c1-23-21(25-15-19-9-10-26-28(19)2)24-13-17-6-4-8-20(12-17)31(29,30)27-14-16-5-3-7-18(22)11-16/h3-12,27H,13-15H2,1-2H3,(H2,23,24,25). The van der Waals surface area contributed by atoms with Gasteiger partial charge in [-0.1, -0.05) is 24.3 Å². The first-order valence-electron chi connectivity index (χ1n) is 9.62. The minimum absolute atomic E-state index is 0.00709. The zero-order chi connectivity index (χ0) is 22.3. The highest BCUT2D eigenvalue weighted by atomic mass is 32.2. The zero-order valence-corrected chi connectivity index (χ0v) is 18.2. The van der Waals surface area contributed by atoms with Crippen molar-refractivity contribution >= 4 is 16.0 Å². The van der Waals surface area contributed by atoms with Gasteiger partial charge >= 0.3 is 0 Å². The van der Waals surface area contributed by atoms with E-state index in [1.807, 2.05) is 19.2 Å². The predicted octanol–water partition coefficient (Wildman–Crippen LogP) is 1.90. The lowest BCUT2D eigenvalue weighted by Crippen LogP contribution is -2.36. The number of nitrogens with one attached hydrogen (secondary N) is 3. The first kappa shape index (κ1) is 22.4. The number of sulfonamides is 1. The minimum Gasteiger partial charge on any atom is -0.352 e. The summed E-state index contributed by atoms with van der Waals surface area (Å²) in [4.78, 5) is 4.32. The molecule has 0 spiro atoms. The molecule has 3 N–H and O–H groups in total. The lowest BCUT2D eigenvalue weighted by Gasteiger charge is -2.13. The maximum absolute atomic E-state index is 13.3. The molecule has 3 aromatic rings. The van der Waals surface area contributed by atoms with Crippen LogP contribution in [0.1, 0.15) is 16.8 Å². The van der Waals surface area contributed by atoms with Crippen LogP contribution in [0.5, 0.6) is 0 Å². The maximum Gasteiger partial charge on any atom is 0.240 e. The molecule has 1 aromatic heterocycles. The Morgan fingerprint density at radius 1 is 1.03 bits per heavy atom. The van der Waals surface area contributed by atoms with Gasteiger partial charge in [0, 0.05) is 33.4 Å². The predicted molar refractivity (Wildman–Crippen MR) is 117 cm³/mol. The Bertz CT molecular complexity index is 1160. The number of rotatable bonds is 8. The lowest BCUT2D eigenvalue weighted by molar-refractivity contribution is 0.580. The van der Waals surface area contributed by atoms with Crippen LogP contribution in [-0.2, 0) is 36.7 Å². The third kappa shape index (κ3) is 6.37. The van der Waals surface area contributed by atoms with Gasteiger partial charge in [-0.2, -0.15) is 5.10 Å². The van der Waals surface area contributed by atoms with Gasteiger partial charge in [0.2, 0.25) is 10.0 Å². The number of nitrogens with zero attached hydrogens (tertiary/aromatic N) is 3. The SMILES string of the molecule is CN=C(NCc1cccc(S(=O)(=O)NCc2cccc(F)c2)c1)NCc1ccnn1C. The molecule has 3 rings (SSSR count). The summed E-state index contributed by atoms with van der Waals surface area (Å²) in [5, 5.41) is 10.5. The van der Waals surface area contributed by atoms with Crippen molar-refractivity contribution in [3.05, 3.63) is 83.4 Å². The van der Waals surface area contributed by atoms with Gasteiger partial charge in [-0.15, -0.1) is 0 Å². The molecule has 0 amide bonds. The fourth-order valence-corrected chi connectivity index (χ4v) is 3.97. The van der Waals surface area contributed by atoms with E-state index in [0.717, 1.165) is 11.3 Å². The first-order chi connectivity index (χ1) is 14.9. The van der Waals surface area contributed by atoms with Gasteiger partial charge in [0.1, 0.15) is 5.82 Å². The Morgan fingerprint density at radius 3 is 2.42 bits per heavy atom. The van der Waals surface area contributed by atoms with Crippen molar-refractivity contribution in [1.29, 1.82) is 0 Å². The number of halogens is 1. The summed E-state index contributed by atoms with van der Waals surface area (Å²) in [6.45, 7) is 0.944. The fourth-order valence-electron chi connectivity index (χ4n) is 2.89. The first-order valence-corrected chi connectivity index (χ1v) is 11.1. The van der Waals surface area contributed by atoms with Gasteiger partial charge in [-0.3, -0.25) is 9.67 Å². The Labute approximate surface area is 181 Å². The number of hydrogen-bond acceptors (Lipinski definition) is 4. The normalized spacial score (nSPS) is 12.0. The monoisotopic (exact) mass is 444 g/mol. The van der Waals surface area contributed by atoms with Crippen molar-refractivity contribution in [3.63, 3.8) is 0 Å². The number of hydrogen-bond donors (Lipinski definition) is 3. The fraction of sp³-hybridized carbons (Fsp3) is 0.238. The second kappa shape index (κ2) is 10.2.